The molecule has 128 valence electrons. The second kappa shape index (κ2) is 9.27. The van der Waals surface area contributed by atoms with Gasteiger partial charge in [-0.25, -0.2) is 0 Å². The Hall–Kier alpha value is -2.74. The molecule has 4 rings (SSSR count). The van der Waals surface area contributed by atoms with Gasteiger partial charge < -0.3 is 19.8 Å². The largest absolute Gasteiger partial charge is 2.00 e. The van der Waals surface area contributed by atoms with Crippen LogP contribution in [0.1, 0.15) is 20.7 Å². The number of carbonyl (C=O) groups is 2. The summed E-state index contributed by atoms with van der Waals surface area (Å²) >= 11 is 0. The topological polar surface area (TPSA) is 80.3 Å². The first-order valence-electron chi connectivity index (χ1n) is 7.95. The SMILES string of the molecule is O=C([O-])c1ccc2ccccc2c1.O=C([O-])c1ccc2ccccc2c1.[Cd+2]. The summed E-state index contributed by atoms with van der Waals surface area (Å²) in [5.41, 5.74) is 0.442. The van der Waals surface area contributed by atoms with Crippen LogP contribution in [0.4, 0.5) is 0 Å². The Morgan fingerprint density at radius 1 is 0.519 bits per heavy atom. The summed E-state index contributed by atoms with van der Waals surface area (Å²) in [6.45, 7) is 0. The number of carboxylic acids is 2. The molecule has 27 heavy (non-hydrogen) atoms. The van der Waals surface area contributed by atoms with E-state index in [1.165, 1.54) is 0 Å². The van der Waals surface area contributed by atoms with Crippen LogP contribution in [0, 0.1) is 0 Å². The molecule has 0 saturated heterocycles. The van der Waals surface area contributed by atoms with E-state index < -0.39 is 11.9 Å². The number of carbonyl (C=O) groups excluding carboxylic acids is 2. The van der Waals surface area contributed by atoms with E-state index in [1.807, 2.05) is 48.5 Å². The Morgan fingerprint density at radius 3 is 1.19 bits per heavy atom. The summed E-state index contributed by atoms with van der Waals surface area (Å²) in [4.78, 5) is 21.1. The van der Waals surface area contributed by atoms with Gasteiger partial charge in [0.25, 0.3) is 0 Å². The van der Waals surface area contributed by atoms with Gasteiger partial charge in [-0.05, 0) is 44.8 Å². The van der Waals surface area contributed by atoms with E-state index in [1.54, 1.807) is 36.4 Å². The van der Waals surface area contributed by atoms with Crippen LogP contribution in [0.5, 0.6) is 0 Å². The van der Waals surface area contributed by atoms with Gasteiger partial charge in [0.1, 0.15) is 0 Å². The standard InChI is InChI=1S/2C11H8O2.Cd/c2*12-11(13)10-6-5-8-3-1-2-4-9(8)7-10;/h2*1-7H,(H,12,13);/q;;+2/p-2. The van der Waals surface area contributed by atoms with Gasteiger partial charge in [0, 0.05) is 0 Å². The Balaban J connectivity index is 0.000000187. The van der Waals surface area contributed by atoms with Crippen molar-refractivity contribution in [1.29, 1.82) is 0 Å². The minimum Gasteiger partial charge on any atom is -0.545 e. The Labute approximate surface area is 176 Å². The number of fused-ring (bicyclic) bond motifs is 2. The first-order chi connectivity index (χ1) is 12.5. The van der Waals surface area contributed by atoms with Gasteiger partial charge in [0.05, 0.1) is 11.9 Å². The van der Waals surface area contributed by atoms with Gasteiger partial charge in [-0.2, -0.15) is 0 Å². The van der Waals surface area contributed by atoms with E-state index >= 15 is 0 Å². The molecule has 5 heteroatoms. The molecule has 0 unspecified atom stereocenters. The molecule has 0 amide bonds. The molecular formula is C22H14CdO4. The van der Waals surface area contributed by atoms with Gasteiger partial charge in [-0.1, -0.05) is 72.8 Å². The van der Waals surface area contributed by atoms with Crippen molar-refractivity contribution < 1.29 is 47.1 Å². The smallest absolute Gasteiger partial charge is 0.545 e. The average Bonchev–Trinajstić information content (AvgIpc) is 2.67. The summed E-state index contributed by atoms with van der Waals surface area (Å²) in [6, 6.07) is 25.1. The molecule has 0 spiro atoms. The number of hydrogen-bond acceptors (Lipinski definition) is 4. The van der Waals surface area contributed by atoms with E-state index in [4.69, 9.17) is 0 Å². The molecule has 0 N–H and O–H groups in total. The molecule has 0 heterocycles. The molecule has 0 fully saturated rings. The van der Waals surface area contributed by atoms with E-state index in [9.17, 15) is 19.8 Å². The molecule has 0 aliphatic rings. The van der Waals surface area contributed by atoms with Crippen LogP contribution >= 0.6 is 0 Å². The average molecular weight is 455 g/mol. The van der Waals surface area contributed by atoms with Crippen molar-refractivity contribution in [3.8, 4) is 0 Å². The quantitative estimate of drug-likeness (QED) is 0.436. The fourth-order valence-corrected chi connectivity index (χ4v) is 2.63. The van der Waals surface area contributed by atoms with Crippen molar-refractivity contribution in [2.75, 3.05) is 0 Å². The van der Waals surface area contributed by atoms with Crippen LogP contribution in [-0.4, -0.2) is 11.9 Å². The van der Waals surface area contributed by atoms with Crippen LogP contribution in [0.25, 0.3) is 21.5 Å². The van der Waals surface area contributed by atoms with Gasteiger partial charge in [-0.3, -0.25) is 0 Å². The summed E-state index contributed by atoms with van der Waals surface area (Å²) in [5.74, 6) is -2.27. The number of rotatable bonds is 2. The summed E-state index contributed by atoms with van der Waals surface area (Å²) in [6.07, 6.45) is 0. The molecule has 0 aliphatic carbocycles. The molecule has 0 saturated carbocycles. The zero-order valence-corrected chi connectivity index (χ0v) is 18.5. The van der Waals surface area contributed by atoms with E-state index in [0.29, 0.717) is 0 Å². The molecule has 0 atom stereocenters. The van der Waals surface area contributed by atoms with Crippen LogP contribution in [0.3, 0.4) is 0 Å². The summed E-state index contributed by atoms with van der Waals surface area (Å²) < 4.78 is 0. The van der Waals surface area contributed by atoms with Crippen LogP contribution < -0.4 is 10.2 Å². The predicted octanol–water partition coefficient (Wildman–Crippen LogP) is 2.40. The third-order valence-electron chi connectivity index (χ3n) is 3.97. The van der Waals surface area contributed by atoms with Crippen molar-refractivity contribution in [3.05, 3.63) is 96.1 Å². The predicted molar refractivity (Wildman–Crippen MR) is 96.6 cm³/mol. The molecule has 0 aromatic heterocycles. The Kier molecular flexibility index (Phi) is 7.06. The molecule has 0 radical (unpaired) electrons. The Morgan fingerprint density at radius 2 is 0.852 bits per heavy atom. The molecule has 4 aromatic carbocycles. The fraction of sp³-hybridized carbons (Fsp3) is 0. The number of aromatic carboxylic acids is 2. The molecular weight excluding hydrogens is 441 g/mol. The van der Waals surface area contributed by atoms with Gasteiger partial charge in [-0.15, -0.1) is 0 Å². The minimum atomic E-state index is -1.13. The van der Waals surface area contributed by atoms with Gasteiger partial charge in [0.15, 0.2) is 0 Å². The minimum absolute atomic E-state index is 0. The van der Waals surface area contributed by atoms with Crippen LogP contribution in [0.2, 0.25) is 0 Å². The first kappa shape index (κ1) is 20.6. The monoisotopic (exact) mass is 456 g/mol. The van der Waals surface area contributed by atoms with Crippen molar-refractivity contribution in [1.82, 2.24) is 0 Å². The first-order valence-corrected chi connectivity index (χ1v) is 7.95. The number of hydrogen-bond donors (Lipinski definition) is 0. The van der Waals surface area contributed by atoms with Gasteiger partial charge in [0.2, 0.25) is 0 Å². The summed E-state index contributed by atoms with van der Waals surface area (Å²) in [7, 11) is 0. The third kappa shape index (κ3) is 5.13. The number of carboxylic acid groups (broad SMARTS) is 2. The van der Waals surface area contributed by atoms with Crippen LogP contribution in [-0.2, 0) is 27.3 Å². The Bertz CT molecular complexity index is 1020. The number of benzene rings is 4. The second-order valence-electron chi connectivity index (χ2n) is 5.70. The second-order valence-corrected chi connectivity index (χ2v) is 5.70. The zero-order chi connectivity index (χ0) is 18.5. The maximum atomic E-state index is 10.5. The van der Waals surface area contributed by atoms with Crippen molar-refractivity contribution in [2.24, 2.45) is 0 Å². The molecule has 4 aromatic rings. The van der Waals surface area contributed by atoms with E-state index in [-0.39, 0.29) is 38.4 Å². The van der Waals surface area contributed by atoms with E-state index in [2.05, 4.69) is 0 Å². The van der Waals surface area contributed by atoms with Gasteiger partial charge >= 0.3 is 27.3 Å². The van der Waals surface area contributed by atoms with Crippen molar-refractivity contribution >= 4 is 33.5 Å². The fourth-order valence-electron chi connectivity index (χ4n) is 2.63. The molecule has 0 aliphatic heterocycles. The van der Waals surface area contributed by atoms with Crippen molar-refractivity contribution in [3.63, 3.8) is 0 Å². The van der Waals surface area contributed by atoms with Crippen LogP contribution in [0.15, 0.2) is 84.9 Å². The van der Waals surface area contributed by atoms with Crippen molar-refractivity contribution in [2.45, 2.75) is 0 Å². The summed E-state index contributed by atoms with van der Waals surface area (Å²) in [5, 5.41) is 25.0. The maximum Gasteiger partial charge on any atom is 2.00 e. The zero-order valence-electron chi connectivity index (χ0n) is 14.4. The third-order valence-corrected chi connectivity index (χ3v) is 3.97. The van der Waals surface area contributed by atoms with E-state index in [0.717, 1.165) is 21.5 Å². The normalized spacial score (nSPS) is 9.78. The molecule has 0 bridgehead atoms. The molecule has 4 nitrogen and oxygen atoms in total. The maximum absolute atomic E-state index is 10.5.